The van der Waals surface area contributed by atoms with Crippen molar-refractivity contribution in [3.8, 4) is 0 Å². The van der Waals surface area contributed by atoms with Crippen LogP contribution in [0.3, 0.4) is 0 Å². The molecule has 0 N–H and O–H groups in total. The maximum atomic E-state index is 8.14. The summed E-state index contributed by atoms with van der Waals surface area (Å²) in [5, 5.41) is 3.52. The first-order chi connectivity index (χ1) is 7.72. The fraction of sp³-hybridized carbons (Fsp3) is 0.500. The average molecular weight is 218 g/mol. The van der Waals surface area contributed by atoms with E-state index in [9.17, 15) is 0 Å². The van der Waals surface area contributed by atoms with Crippen molar-refractivity contribution in [3.63, 3.8) is 0 Å². The van der Waals surface area contributed by atoms with Crippen molar-refractivity contribution in [3.05, 3.63) is 45.8 Å². The normalized spacial score (nSPS) is 10.2. The predicted octanol–water partition coefficient (Wildman–Crippen LogP) is 3.13. The highest BCUT2D eigenvalue weighted by atomic mass is 15.1. The second-order valence-electron chi connectivity index (χ2n) is 4.03. The summed E-state index contributed by atoms with van der Waals surface area (Å²) in [5.41, 5.74) is 10.8. The molecule has 0 bridgehead atoms. The van der Waals surface area contributed by atoms with E-state index in [0.29, 0.717) is 6.54 Å². The van der Waals surface area contributed by atoms with E-state index in [4.69, 9.17) is 5.53 Å². The van der Waals surface area contributed by atoms with Crippen molar-refractivity contribution in [2.45, 2.75) is 19.9 Å². The molecule has 0 heterocycles. The van der Waals surface area contributed by atoms with Crippen LogP contribution in [0.4, 0.5) is 0 Å². The number of benzene rings is 1. The van der Waals surface area contributed by atoms with Gasteiger partial charge in [0.1, 0.15) is 0 Å². The molecule has 0 fully saturated rings. The van der Waals surface area contributed by atoms with Gasteiger partial charge in [-0.3, -0.25) is 0 Å². The van der Waals surface area contributed by atoms with Crippen LogP contribution in [-0.2, 0) is 6.54 Å². The molecule has 0 saturated heterocycles. The fourth-order valence-corrected chi connectivity index (χ4v) is 1.66. The lowest BCUT2D eigenvalue weighted by Gasteiger charge is -2.16. The third-order valence-corrected chi connectivity index (χ3v) is 2.40. The third-order valence-electron chi connectivity index (χ3n) is 2.40. The Hall–Kier alpha value is -1.51. The molecular weight excluding hydrogens is 200 g/mol. The summed E-state index contributed by atoms with van der Waals surface area (Å²) in [6.07, 6.45) is 0.909. The van der Waals surface area contributed by atoms with Gasteiger partial charge in [-0.25, -0.2) is 0 Å². The van der Waals surface area contributed by atoms with E-state index in [2.05, 4.69) is 53.2 Å². The van der Waals surface area contributed by atoms with Gasteiger partial charge in [-0.15, -0.1) is 0 Å². The molecule has 4 heteroatoms. The molecule has 0 aliphatic rings. The summed E-state index contributed by atoms with van der Waals surface area (Å²) in [6.45, 7) is 4.57. The first-order valence-electron chi connectivity index (χ1n) is 5.47. The lowest BCUT2D eigenvalue weighted by molar-refractivity contribution is 0.324. The van der Waals surface area contributed by atoms with Crippen LogP contribution in [0.25, 0.3) is 10.4 Å². The van der Waals surface area contributed by atoms with Crippen molar-refractivity contribution in [2.24, 2.45) is 5.11 Å². The van der Waals surface area contributed by atoms with E-state index in [-0.39, 0.29) is 0 Å². The molecule has 0 spiro atoms. The largest absolute Gasteiger partial charge is 0.302 e. The molecule has 0 unspecified atom stereocenters. The van der Waals surface area contributed by atoms with E-state index >= 15 is 0 Å². The predicted molar refractivity (Wildman–Crippen MR) is 66.1 cm³/mol. The highest BCUT2D eigenvalue weighted by Crippen LogP contribution is 2.06. The maximum Gasteiger partial charge on any atom is 0.0270 e. The standard InChI is InChI=1S/C12H18N4/c1-11-5-3-6-12(9-11)10-16(2)8-4-7-14-15-13/h3,5-6,9H,4,7-8,10H2,1-2H3. The number of rotatable bonds is 6. The Balaban J connectivity index is 2.33. The SMILES string of the molecule is Cc1cccc(CN(C)CCCN=[N+]=[N-])c1. The summed E-state index contributed by atoms with van der Waals surface area (Å²) in [5.74, 6) is 0. The van der Waals surface area contributed by atoms with Crippen LogP contribution in [0.2, 0.25) is 0 Å². The molecule has 1 rings (SSSR count). The van der Waals surface area contributed by atoms with Crippen molar-refractivity contribution >= 4 is 0 Å². The number of hydrogen-bond donors (Lipinski definition) is 0. The Kier molecular flexibility index (Phi) is 5.40. The zero-order chi connectivity index (χ0) is 11.8. The minimum atomic E-state index is 0.578. The summed E-state index contributed by atoms with van der Waals surface area (Å²) < 4.78 is 0. The first kappa shape index (κ1) is 12.6. The molecule has 0 aliphatic heterocycles. The van der Waals surface area contributed by atoms with Gasteiger partial charge in [0.25, 0.3) is 0 Å². The molecule has 1 aromatic rings. The molecule has 86 valence electrons. The second kappa shape index (κ2) is 6.88. The van der Waals surface area contributed by atoms with E-state index < -0.39 is 0 Å². The molecule has 16 heavy (non-hydrogen) atoms. The Morgan fingerprint density at radius 3 is 2.94 bits per heavy atom. The number of azide groups is 1. The lowest BCUT2D eigenvalue weighted by Crippen LogP contribution is -2.19. The average Bonchev–Trinajstić information content (AvgIpc) is 2.24. The smallest absolute Gasteiger partial charge is 0.0270 e. The van der Waals surface area contributed by atoms with Gasteiger partial charge in [-0.05, 0) is 38.0 Å². The Morgan fingerprint density at radius 1 is 1.44 bits per heavy atom. The second-order valence-corrected chi connectivity index (χ2v) is 4.03. The van der Waals surface area contributed by atoms with Crippen molar-refractivity contribution in [1.29, 1.82) is 0 Å². The third kappa shape index (κ3) is 4.82. The maximum absolute atomic E-state index is 8.14. The number of aryl methyl sites for hydroxylation is 1. The summed E-state index contributed by atoms with van der Waals surface area (Å²) in [4.78, 5) is 4.97. The van der Waals surface area contributed by atoms with E-state index in [1.165, 1.54) is 11.1 Å². The van der Waals surface area contributed by atoms with Crippen LogP contribution in [0.15, 0.2) is 29.4 Å². The molecule has 4 nitrogen and oxygen atoms in total. The molecule has 0 amide bonds. The van der Waals surface area contributed by atoms with E-state index in [1.54, 1.807) is 0 Å². The van der Waals surface area contributed by atoms with Crippen molar-refractivity contribution in [1.82, 2.24) is 4.90 Å². The Labute approximate surface area is 96.5 Å². The van der Waals surface area contributed by atoms with Crippen LogP contribution < -0.4 is 0 Å². The van der Waals surface area contributed by atoms with Gasteiger partial charge in [0.15, 0.2) is 0 Å². The van der Waals surface area contributed by atoms with Crippen molar-refractivity contribution in [2.75, 3.05) is 20.1 Å². The highest BCUT2D eigenvalue weighted by molar-refractivity contribution is 5.21. The van der Waals surface area contributed by atoms with Gasteiger partial charge in [0.05, 0.1) is 0 Å². The minimum absolute atomic E-state index is 0.578. The zero-order valence-corrected chi connectivity index (χ0v) is 9.93. The highest BCUT2D eigenvalue weighted by Gasteiger charge is 1.99. The lowest BCUT2D eigenvalue weighted by atomic mass is 10.1. The molecule has 0 aliphatic carbocycles. The molecular formula is C12H18N4. The monoisotopic (exact) mass is 218 g/mol. The van der Waals surface area contributed by atoms with Crippen LogP contribution in [0.5, 0.6) is 0 Å². The number of nitrogens with zero attached hydrogens (tertiary/aromatic N) is 4. The zero-order valence-electron chi connectivity index (χ0n) is 9.93. The molecule has 0 atom stereocenters. The first-order valence-corrected chi connectivity index (χ1v) is 5.47. The van der Waals surface area contributed by atoms with Gasteiger partial charge in [-0.2, -0.15) is 0 Å². The molecule has 0 saturated carbocycles. The summed E-state index contributed by atoms with van der Waals surface area (Å²) >= 11 is 0. The van der Waals surface area contributed by atoms with Crippen LogP contribution in [0, 0.1) is 6.92 Å². The molecule has 0 aromatic heterocycles. The van der Waals surface area contributed by atoms with Gasteiger partial charge in [0, 0.05) is 18.0 Å². The topological polar surface area (TPSA) is 52.0 Å². The molecule has 1 aromatic carbocycles. The Bertz CT molecular complexity index is 369. The number of hydrogen-bond acceptors (Lipinski definition) is 2. The van der Waals surface area contributed by atoms with Crippen LogP contribution >= 0.6 is 0 Å². The van der Waals surface area contributed by atoms with Crippen LogP contribution in [-0.4, -0.2) is 25.0 Å². The van der Waals surface area contributed by atoms with Gasteiger partial charge in [0.2, 0.25) is 0 Å². The summed E-state index contributed by atoms with van der Waals surface area (Å²) in [7, 11) is 2.08. The van der Waals surface area contributed by atoms with Gasteiger partial charge < -0.3 is 4.90 Å². The van der Waals surface area contributed by atoms with Crippen LogP contribution in [0.1, 0.15) is 17.5 Å². The van der Waals surface area contributed by atoms with Gasteiger partial charge >= 0.3 is 0 Å². The molecule has 0 radical (unpaired) electrons. The van der Waals surface area contributed by atoms with Gasteiger partial charge in [-0.1, -0.05) is 34.9 Å². The summed E-state index contributed by atoms with van der Waals surface area (Å²) in [6, 6.07) is 8.52. The van der Waals surface area contributed by atoms with Crippen molar-refractivity contribution < 1.29 is 0 Å². The van der Waals surface area contributed by atoms with E-state index in [0.717, 1.165) is 19.5 Å². The van der Waals surface area contributed by atoms with E-state index in [1.807, 2.05) is 0 Å². The Morgan fingerprint density at radius 2 is 2.25 bits per heavy atom. The minimum Gasteiger partial charge on any atom is -0.302 e. The quantitative estimate of drug-likeness (QED) is 0.313. The fourth-order valence-electron chi connectivity index (χ4n) is 1.66.